The number of nitrogens with one attached hydrogen (secondary N) is 1. The summed E-state index contributed by atoms with van der Waals surface area (Å²) in [5, 5.41) is 13.5. The smallest absolute Gasteiger partial charge is 0.133 e. The molecule has 0 radical (unpaired) electrons. The summed E-state index contributed by atoms with van der Waals surface area (Å²) in [6.45, 7) is 4.49. The van der Waals surface area contributed by atoms with Gasteiger partial charge >= 0.3 is 0 Å². The van der Waals surface area contributed by atoms with Gasteiger partial charge in [0, 0.05) is 25.7 Å². The highest BCUT2D eigenvalue weighted by Crippen LogP contribution is 2.31. The monoisotopic (exact) mass is 285 g/mol. The van der Waals surface area contributed by atoms with Crippen molar-refractivity contribution in [3.63, 3.8) is 0 Å². The average Bonchev–Trinajstić information content (AvgIpc) is 3.37. The Kier molecular flexibility index (Phi) is 4.54. The van der Waals surface area contributed by atoms with Crippen molar-refractivity contribution in [1.29, 1.82) is 5.26 Å². The maximum absolute atomic E-state index is 9.88. The second kappa shape index (κ2) is 6.57. The summed E-state index contributed by atoms with van der Waals surface area (Å²) < 4.78 is 5.39. The van der Waals surface area contributed by atoms with Gasteiger partial charge in [-0.1, -0.05) is 30.3 Å². The molecule has 21 heavy (non-hydrogen) atoms. The molecular formula is C17H23N3O. The van der Waals surface area contributed by atoms with Crippen LogP contribution in [0.25, 0.3) is 0 Å². The van der Waals surface area contributed by atoms with Crippen LogP contribution in [0.1, 0.15) is 24.8 Å². The van der Waals surface area contributed by atoms with E-state index in [0.29, 0.717) is 6.04 Å². The van der Waals surface area contributed by atoms with Gasteiger partial charge in [-0.05, 0) is 24.8 Å². The summed E-state index contributed by atoms with van der Waals surface area (Å²) in [4.78, 5) is 2.40. The molecule has 0 bridgehead atoms. The molecule has 1 unspecified atom stereocenters. The first-order valence-corrected chi connectivity index (χ1v) is 7.87. The van der Waals surface area contributed by atoms with Gasteiger partial charge in [-0.15, -0.1) is 0 Å². The first kappa shape index (κ1) is 14.5. The highest BCUT2D eigenvalue weighted by Gasteiger charge is 2.38. The third-order valence-corrected chi connectivity index (χ3v) is 4.39. The van der Waals surface area contributed by atoms with Gasteiger partial charge in [-0.25, -0.2) is 0 Å². The normalized spacial score (nSPS) is 22.4. The zero-order chi connectivity index (χ0) is 14.5. The lowest BCUT2D eigenvalue weighted by Crippen LogP contribution is -2.46. The Labute approximate surface area is 126 Å². The molecule has 0 spiro atoms. The molecule has 1 saturated heterocycles. The van der Waals surface area contributed by atoms with E-state index >= 15 is 0 Å². The Morgan fingerprint density at radius 3 is 2.57 bits per heavy atom. The van der Waals surface area contributed by atoms with Crippen molar-refractivity contribution in [2.75, 3.05) is 32.8 Å². The predicted molar refractivity (Wildman–Crippen MR) is 81.8 cm³/mol. The highest BCUT2D eigenvalue weighted by molar-refractivity contribution is 5.32. The van der Waals surface area contributed by atoms with E-state index in [-0.39, 0.29) is 0 Å². The molecular weight excluding hydrogens is 262 g/mol. The quantitative estimate of drug-likeness (QED) is 0.867. The summed E-state index contributed by atoms with van der Waals surface area (Å²) in [5.41, 5.74) is 0.536. The fourth-order valence-corrected chi connectivity index (χ4v) is 2.90. The summed E-state index contributed by atoms with van der Waals surface area (Å²) in [6.07, 6.45) is 3.20. The van der Waals surface area contributed by atoms with E-state index in [2.05, 4.69) is 28.4 Å². The van der Waals surface area contributed by atoms with Gasteiger partial charge in [-0.3, -0.25) is 10.2 Å². The van der Waals surface area contributed by atoms with Gasteiger partial charge in [0.1, 0.15) is 5.54 Å². The number of nitriles is 1. The molecule has 4 heteroatoms. The van der Waals surface area contributed by atoms with Crippen molar-refractivity contribution in [3.8, 4) is 6.07 Å². The Bertz CT molecular complexity index is 489. The molecule has 1 N–H and O–H groups in total. The molecule has 112 valence electrons. The number of rotatable bonds is 6. The first-order valence-electron chi connectivity index (χ1n) is 7.87. The van der Waals surface area contributed by atoms with Crippen molar-refractivity contribution < 1.29 is 4.74 Å². The summed E-state index contributed by atoms with van der Waals surface area (Å²) >= 11 is 0. The van der Waals surface area contributed by atoms with Crippen LogP contribution in [0.4, 0.5) is 0 Å². The third kappa shape index (κ3) is 3.62. The minimum absolute atomic E-state index is 0.509. The SMILES string of the molecule is N#CC(CCN1CCOCC1)(NC1CC1)c1ccccc1. The maximum Gasteiger partial charge on any atom is 0.133 e. The highest BCUT2D eigenvalue weighted by atomic mass is 16.5. The van der Waals surface area contributed by atoms with E-state index in [1.807, 2.05) is 18.2 Å². The van der Waals surface area contributed by atoms with E-state index in [0.717, 1.165) is 44.8 Å². The van der Waals surface area contributed by atoms with E-state index < -0.39 is 5.54 Å². The van der Waals surface area contributed by atoms with Crippen LogP contribution in [-0.4, -0.2) is 43.8 Å². The molecule has 1 aliphatic heterocycles. The maximum atomic E-state index is 9.88. The van der Waals surface area contributed by atoms with Gasteiger partial charge in [0.05, 0.1) is 19.3 Å². The minimum Gasteiger partial charge on any atom is -0.379 e. The van der Waals surface area contributed by atoms with Crippen LogP contribution in [0.3, 0.4) is 0 Å². The van der Waals surface area contributed by atoms with Crippen LogP contribution in [0.5, 0.6) is 0 Å². The number of nitrogens with zero attached hydrogens (tertiary/aromatic N) is 2. The molecule has 1 heterocycles. The van der Waals surface area contributed by atoms with Crippen molar-refractivity contribution in [2.24, 2.45) is 0 Å². The largest absolute Gasteiger partial charge is 0.379 e. The Morgan fingerprint density at radius 1 is 1.24 bits per heavy atom. The standard InChI is InChI=1S/C17H23N3O/c18-14-17(19-16-6-7-16,15-4-2-1-3-5-15)8-9-20-10-12-21-13-11-20/h1-5,16,19H,6-13H2. The van der Waals surface area contributed by atoms with Crippen molar-refractivity contribution in [2.45, 2.75) is 30.8 Å². The first-order chi connectivity index (χ1) is 10.3. The van der Waals surface area contributed by atoms with E-state index in [4.69, 9.17) is 4.74 Å². The fraction of sp³-hybridized carbons (Fsp3) is 0.588. The summed E-state index contributed by atoms with van der Waals surface area (Å²) in [5.74, 6) is 0. The topological polar surface area (TPSA) is 48.3 Å². The zero-order valence-electron chi connectivity index (χ0n) is 12.4. The van der Waals surface area contributed by atoms with E-state index in [1.54, 1.807) is 0 Å². The molecule has 2 fully saturated rings. The number of morpholine rings is 1. The van der Waals surface area contributed by atoms with Crippen LogP contribution in [0.2, 0.25) is 0 Å². The van der Waals surface area contributed by atoms with Crippen LogP contribution in [-0.2, 0) is 10.3 Å². The fourth-order valence-electron chi connectivity index (χ4n) is 2.90. The van der Waals surface area contributed by atoms with Gasteiger partial charge in [0.2, 0.25) is 0 Å². The second-order valence-electron chi connectivity index (χ2n) is 6.01. The second-order valence-corrected chi connectivity index (χ2v) is 6.01. The molecule has 0 amide bonds. The molecule has 0 aromatic heterocycles. The predicted octanol–water partition coefficient (Wildman–Crippen LogP) is 1.88. The number of hydrogen-bond donors (Lipinski definition) is 1. The number of ether oxygens (including phenoxy) is 1. The van der Waals surface area contributed by atoms with E-state index in [1.165, 1.54) is 12.8 Å². The van der Waals surface area contributed by atoms with Gasteiger partial charge in [0.25, 0.3) is 0 Å². The molecule has 1 aliphatic carbocycles. The molecule has 1 aromatic carbocycles. The van der Waals surface area contributed by atoms with Crippen LogP contribution in [0, 0.1) is 11.3 Å². The van der Waals surface area contributed by atoms with Crippen LogP contribution >= 0.6 is 0 Å². The molecule has 4 nitrogen and oxygen atoms in total. The molecule has 3 rings (SSSR count). The number of hydrogen-bond acceptors (Lipinski definition) is 4. The number of benzene rings is 1. The van der Waals surface area contributed by atoms with Crippen molar-refractivity contribution in [3.05, 3.63) is 35.9 Å². The average molecular weight is 285 g/mol. The Balaban J connectivity index is 1.73. The molecule has 1 aromatic rings. The van der Waals surface area contributed by atoms with Crippen molar-refractivity contribution >= 4 is 0 Å². The zero-order valence-corrected chi connectivity index (χ0v) is 12.4. The minimum atomic E-state index is -0.555. The van der Waals surface area contributed by atoms with Gasteiger partial charge in [-0.2, -0.15) is 5.26 Å². The summed E-state index contributed by atoms with van der Waals surface area (Å²) in [7, 11) is 0. The summed E-state index contributed by atoms with van der Waals surface area (Å²) in [6, 6.07) is 13.3. The molecule has 1 atom stereocenters. The lowest BCUT2D eigenvalue weighted by Gasteiger charge is -2.33. The molecule has 1 saturated carbocycles. The van der Waals surface area contributed by atoms with Gasteiger partial charge in [0.15, 0.2) is 0 Å². The lowest BCUT2D eigenvalue weighted by atomic mass is 9.87. The Hall–Kier alpha value is -1.41. The van der Waals surface area contributed by atoms with E-state index in [9.17, 15) is 5.26 Å². The van der Waals surface area contributed by atoms with Crippen LogP contribution < -0.4 is 5.32 Å². The van der Waals surface area contributed by atoms with Crippen molar-refractivity contribution in [1.82, 2.24) is 10.2 Å². The molecule has 2 aliphatic rings. The lowest BCUT2D eigenvalue weighted by molar-refractivity contribution is 0.0347. The van der Waals surface area contributed by atoms with Crippen LogP contribution in [0.15, 0.2) is 30.3 Å². The van der Waals surface area contributed by atoms with Gasteiger partial charge < -0.3 is 4.74 Å². The Morgan fingerprint density at radius 2 is 1.95 bits per heavy atom. The third-order valence-electron chi connectivity index (χ3n) is 4.39.